The number of hydrogen-bond donors (Lipinski definition) is 1. The molecule has 0 unspecified atom stereocenters. The van der Waals surface area contributed by atoms with Gasteiger partial charge in [-0.25, -0.2) is 9.97 Å². The first kappa shape index (κ1) is 18.8. The van der Waals surface area contributed by atoms with Crippen molar-refractivity contribution in [1.82, 2.24) is 15.0 Å². The fourth-order valence-electron chi connectivity index (χ4n) is 2.81. The summed E-state index contributed by atoms with van der Waals surface area (Å²) in [6.07, 6.45) is 3.11. The van der Waals surface area contributed by atoms with Crippen molar-refractivity contribution in [3.8, 4) is 22.5 Å². The van der Waals surface area contributed by atoms with Crippen LogP contribution in [0.15, 0.2) is 79.1 Å². The van der Waals surface area contributed by atoms with Crippen LogP contribution in [-0.4, -0.2) is 20.9 Å². The summed E-state index contributed by atoms with van der Waals surface area (Å²) in [5, 5.41) is 3.42. The first-order valence-electron chi connectivity index (χ1n) is 9.02. The highest BCUT2D eigenvalue weighted by atomic mass is 35.5. The third kappa shape index (κ3) is 4.47. The first-order chi connectivity index (χ1) is 14.1. The maximum Gasteiger partial charge on any atom is 0.259 e. The monoisotopic (exact) mass is 400 g/mol. The number of rotatable bonds is 4. The molecule has 0 bridgehead atoms. The zero-order valence-electron chi connectivity index (χ0n) is 15.6. The van der Waals surface area contributed by atoms with E-state index < -0.39 is 0 Å². The van der Waals surface area contributed by atoms with E-state index in [1.807, 2.05) is 49.4 Å². The van der Waals surface area contributed by atoms with Crippen molar-refractivity contribution in [3.05, 3.63) is 95.3 Å². The maximum atomic E-state index is 12.6. The number of aromatic nitrogens is 3. The summed E-state index contributed by atoms with van der Waals surface area (Å²) < 4.78 is 0. The van der Waals surface area contributed by atoms with E-state index in [4.69, 9.17) is 11.6 Å². The number of benzene rings is 2. The Kier molecular flexibility index (Phi) is 5.31. The predicted octanol–water partition coefficient (Wildman–Crippen LogP) is 5.42. The lowest BCUT2D eigenvalue weighted by Gasteiger charge is -2.10. The van der Waals surface area contributed by atoms with E-state index in [9.17, 15) is 4.79 Å². The van der Waals surface area contributed by atoms with Crippen molar-refractivity contribution in [2.45, 2.75) is 6.92 Å². The van der Waals surface area contributed by atoms with Crippen molar-refractivity contribution in [1.29, 1.82) is 0 Å². The van der Waals surface area contributed by atoms with Gasteiger partial charge in [0, 0.05) is 28.5 Å². The number of nitrogens with one attached hydrogen (secondary N) is 1. The molecule has 4 rings (SSSR count). The summed E-state index contributed by atoms with van der Waals surface area (Å²) in [5.74, 6) is -0.0944. The molecule has 5 nitrogen and oxygen atoms in total. The molecule has 29 heavy (non-hydrogen) atoms. The van der Waals surface area contributed by atoms with Crippen molar-refractivity contribution in [2.24, 2.45) is 0 Å². The van der Waals surface area contributed by atoms with Gasteiger partial charge < -0.3 is 0 Å². The Morgan fingerprint density at radius 1 is 0.897 bits per heavy atom. The summed E-state index contributed by atoms with van der Waals surface area (Å²) in [6.45, 7) is 2.03. The molecule has 0 saturated carbocycles. The van der Waals surface area contributed by atoms with Gasteiger partial charge >= 0.3 is 0 Å². The molecule has 0 atom stereocenters. The molecule has 0 aliphatic heterocycles. The molecule has 1 amide bonds. The number of halogens is 1. The molecule has 0 aliphatic carbocycles. The Balaban J connectivity index is 1.76. The van der Waals surface area contributed by atoms with E-state index >= 15 is 0 Å². The zero-order chi connectivity index (χ0) is 20.2. The molecule has 142 valence electrons. The lowest BCUT2D eigenvalue weighted by atomic mass is 10.1. The molecule has 2 heterocycles. The van der Waals surface area contributed by atoms with Crippen molar-refractivity contribution >= 4 is 23.5 Å². The third-order valence-corrected chi connectivity index (χ3v) is 4.61. The second-order valence-corrected chi connectivity index (χ2v) is 6.97. The Morgan fingerprint density at radius 2 is 1.52 bits per heavy atom. The highest BCUT2D eigenvalue weighted by Gasteiger charge is 2.12. The third-order valence-electron chi connectivity index (χ3n) is 4.36. The van der Waals surface area contributed by atoms with Gasteiger partial charge in [0.2, 0.25) is 5.95 Å². The number of nitrogens with zero attached hydrogens (tertiary/aromatic N) is 3. The van der Waals surface area contributed by atoms with E-state index in [1.54, 1.807) is 30.5 Å². The highest BCUT2D eigenvalue weighted by molar-refractivity contribution is 6.30. The van der Waals surface area contributed by atoms with Gasteiger partial charge in [-0.3, -0.25) is 15.1 Å². The van der Waals surface area contributed by atoms with Crippen molar-refractivity contribution < 1.29 is 4.79 Å². The largest absolute Gasteiger partial charge is 0.290 e. The quantitative estimate of drug-likeness (QED) is 0.496. The molecule has 0 saturated heterocycles. The normalized spacial score (nSPS) is 10.6. The van der Waals surface area contributed by atoms with E-state index in [0.717, 1.165) is 16.7 Å². The fraction of sp³-hybridized carbons (Fsp3) is 0.0435. The number of amides is 1. The average Bonchev–Trinajstić information content (AvgIpc) is 2.75. The molecule has 0 fully saturated rings. The summed E-state index contributed by atoms with van der Waals surface area (Å²) in [6, 6.07) is 20.7. The lowest BCUT2D eigenvalue weighted by Crippen LogP contribution is -2.15. The van der Waals surface area contributed by atoms with Crippen molar-refractivity contribution in [2.75, 3.05) is 5.32 Å². The van der Waals surface area contributed by atoms with Gasteiger partial charge in [-0.15, -0.1) is 0 Å². The van der Waals surface area contributed by atoms with Gasteiger partial charge in [0.1, 0.15) is 0 Å². The minimum absolute atomic E-state index is 0.224. The van der Waals surface area contributed by atoms with Crippen LogP contribution >= 0.6 is 11.6 Å². The van der Waals surface area contributed by atoms with E-state index in [2.05, 4.69) is 20.3 Å². The SMILES string of the molecule is Cc1ccc(-c2cc(-c3ccc(Cl)cc3)nc(NC(=O)c3cccnc3)n2)cc1. The second kappa shape index (κ2) is 8.20. The maximum absolute atomic E-state index is 12.6. The van der Waals surface area contributed by atoms with Crippen molar-refractivity contribution in [3.63, 3.8) is 0 Å². The van der Waals surface area contributed by atoms with E-state index in [1.165, 1.54) is 6.20 Å². The first-order valence-corrected chi connectivity index (χ1v) is 9.40. The molecular formula is C23H17ClN4O. The van der Waals surface area contributed by atoms with Crippen LogP contribution in [0.2, 0.25) is 5.02 Å². The standard InChI is InChI=1S/C23H17ClN4O/c1-15-4-6-16(7-5-15)20-13-21(17-8-10-19(24)11-9-17)27-23(26-20)28-22(29)18-3-2-12-25-14-18/h2-14H,1H3,(H,26,27,28,29). The van der Waals surface area contributed by atoms with Gasteiger partial charge in [0.15, 0.2) is 0 Å². The molecular weight excluding hydrogens is 384 g/mol. The minimum Gasteiger partial charge on any atom is -0.290 e. The number of carbonyl (C=O) groups excluding carboxylic acids is 1. The van der Waals surface area contributed by atoms with E-state index in [-0.39, 0.29) is 11.9 Å². The molecule has 0 spiro atoms. The van der Waals surface area contributed by atoms with Crippen LogP contribution in [0.3, 0.4) is 0 Å². The zero-order valence-corrected chi connectivity index (χ0v) is 16.4. The van der Waals surface area contributed by atoms with E-state index in [0.29, 0.717) is 22.0 Å². The predicted molar refractivity (Wildman–Crippen MR) is 115 cm³/mol. The van der Waals surface area contributed by atoms with Crippen LogP contribution in [0.1, 0.15) is 15.9 Å². The molecule has 1 N–H and O–H groups in total. The number of pyridine rings is 1. The van der Waals surface area contributed by atoms with Crippen LogP contribution in [-0.2, 0) is 0 Å². The number of carbonyl (C=O) groups is 1. The molecule has 0 aliphatic rings. The van der Waals surface area contributed by atoms with Crippen LogP contribution in [0.5, 0.6) is 0 Å². The van der Waals surface area contributed by atoms with Gasteiger partial charge in [-0.1, -0.05) is 53.6 Å². The molecule has 2 aromatic carbocycles. The number of hydrogen-bond acceptors (Lipinski definition) is 4. The molecule has 6 heteroatoms. The number of aryl methyl sites for hydroxylation is 1. The van der Waals surface area contributed by atoms with Crippen LogP contribution < -0.4 is 5.32 Å². The summed E-state index contributed by atoms with van der Waals surface area (Å²) in [4.78, 5) is 25.6. The Morgan fingerprint density at radius 3 is 2.10 bits per heavy atom. The Labute approximate surface area is 173 Å². The number of anilines is 1. The molecule has 2 aromatic heterocycles. The molecule has 4 aromatic rings. The summed E-state index contributed by atoms with van der Waals surface area (Å²) >= 11 is 6.01. The smallest absolute Gasteiger partial charge is 0.259 e. The topological polar surface area (TPSA) is 67.8 Å². The minimum atomic E-state index is -0.318. The van der Waals surface area contributed by atoms with Crippen LogP contribution in [0.4, 0.5) is 5.95 Å². The molecule has 0 radical (unpaired) electrons. The van der Waals surface area contributed by atoms with Gasteiger partial charge in [-0.05, 0) is 37.3 Å². The second-order valence-electron chi connectivity index (χ2n) is 6.53. The average molecular weight is 401 g/mol. The van der Waals surface area contributed by atoms with Crippen LogP contribution in [0, 0.1) is 6.92 Å². The van der Waals surface area contributed by atoms with Gasteiger partial charge in [0.25, 0.3) is 5.91 Å². The Hall–Kier alpha value is -3.57. The van der Waals surface area contributed by atoms with Crippen LogP contribution in [0.25, 0.3) is 22.5 Å². The fourth-order valence-corrected chi connectivity index (χ4v) is 2.94. The summed E-state index contributed by atoms with van der Waals surface area (Å²) in [5.41, 5.74) is 4.81. The summed E-state index contributed by atoms with van der Waals surface area (Å²) in [7, 11) is 0. The van der Waals surface area contributed by atoms with Gasteiger partial charge in [-0.2, -0.15) is 0 Å². The lowest BCUT2D eigenvalue weighted by molar-refractivity contribution is 0.102. The Bertz CT molecular complexity index is 1080. The highest BCUT2D eigenvalue weighted by Crippen LogP contribution is 2.26. The van der Waals surface area contributed by atoms with Gasteiger partial charge in [0.05, 0.1) is 17.0 Å².